The zero-order chi connectivity index (χ0) is 15.5. The van der Waals surface area contributed by atoms with Crippen molar-refractivity contribution in [3.05, 3.63) is 28.8 Å². The summed E-state index contributed by atoms with van der Waals surface area (Å²) in [6.07, 6.45) is 3.12. The van der Waals surface area contributed by atoms with Crippen LogP contribution in [0.1, 0.15) is 10.5 Å². The number of aromatic amines is 1. The molecule has 0 bridgehead atoms. The molecule has 0 radical (unpaired) electrons. The second kappa shape index (κ2) is 6.26. The van der Waals surface area contributed by atoms with Crippen LogP contribution >= 0.6 is 15.9 Å². The molecule has 2 aromatic heterocycles. The number of hydrogen-bond donors (Lipinski definition) is 1. The molecule has 22 heavy (non-hydrogen) atoms. The first-order chi connectivity index (χ1) is 10.6. The summed E-state index contributed by atoms with van der Waals surface area (Å²) in [7, 11) is 0. The Kier molecular flexibility index (Phi) is 4.18. The van der Waals surface area contributed by atoms with Crippen molar-refractivity contribution in [3.63, 3.8) is 0 Å². The maximum absolute atomic E-state index is 12.3. The van der Waals surface area contributed by atoms with Gasteiger partial charge in [0.2, 0.25) is 5.91 Å². The molecular formula is C12H14BrN7O2. The maximum Gasteiger partial charge on any atom is 0.270 e. The van der Waals surface area contributed by atoms with Crippen molar-refractivity contribution >= 4 is 27.7 Å². The van der Waals surface area contributed by atoms with Gasteiger partial charge in [0.1, 0.15) is 18.6 Å². The van der Waals surface area contributed by atoms with Crippen LogP contribution in [0.25, 0.3) is 0 Å². The summed E-state index contributed by atoms with van der Waals surface area (Å²) < 4.78 is 2.22. The zero-order valence-electron chi connectivity index (χ0n) is 11.6. The number of tetrazole rings is 1. The molecule has 0 aromatic carbocycles. The first kappa shape index (κ1) is 14.7. The minimum absolute atomic E-state index is 0.0537. The van der Waals surface area contributed by atoms with Gasteiger partial charge in [0.05, 0.1) is 0 Å². The molecule has 3 heterocycles. The van der Waals surface area contributed by atoms with E-state index in [1.807, 2.05) is 0 Å². The standard InChI is InChI=1S/C12H14BrN7O2/c13-9-5-10(14-6-9)12(22)19-3-1-18(2-4-19)11(21)7-20-8-15-16-17-20/h5-6,8,14H,1-4,7H2. The van der Waals surface area contributed by atoms with Crippen LogP contribution in [-0.2, 0) is 11.3 Å². The fraction of sp³-hybridized carbons (Fsp3) is 0.417. The smallest absolute Gasteiger partial charge is 0.270 e. The fourth-order valence-corrected chi connectivity index (χ4v) is 2.66. The Morgan fingerprint density at radius 2 is 1.95 bits per heavy atom. The minimum Gasteiger partial charge on any atom is -0.356 e. The molecule has 116 valence electrons. The lowest BCUT2D eigenvalue weighted by molar-refractivity contribution is -0.133. The number of amides is 2. The van der Waals surface area contributed by atoms with Crippen molar-refractivity contribution in [2.75, 3.05) is 26.2 Å². The lowest BCUT2D eigenvalue weighted by Crippen LogP contribution is -2.51. The van der Waals surface area contributed by atoms with E-state index in [-0.39, 0.29) is 18.4 Å². The number of nitrogens with zero attached hydrogens (tertiary/aromatic N) is 6. The zero-order valence-corrected chi connectivity index (χ0v) is 13.2. The highest BCUT2D eigenvalue weighted by Crippen LogP contribution is 2.14. The summed E-state index contributed by atoms with van der Waals surface area (Å²) in [4.78, 5) is 30.8. The molecule has 10 heteroatoms. The lowest BCUT2D eigenvalue weighted by Gasteiger charge is -2.34. The van der Waals surface area contributed by atoms with E-state index < -0.39 is 0 Å². The number of rotatable bonds is 3. The molecule has 2 aromatic rings. The minimum atomic E-state index is -0.0572. The first-order valence-electron chi connectivity index (χ1n) is 6.75. The third-order valence-electron chi connectivity index (χ3n) is 3.49. The van der Waals surface area contributed by atoms with Crippen LogP contribution in [0.5, 0.6) is 0 Å². The normalized spacial score (nSPS) is 15.1. The van der Waals surface area contributed by atoms with Crippen molar-refractivity contribution in [1.29, 1.82) is 0 Å². The van der Waals surface area contributed by atoms with Gasteiger partial charge in [0.25, 0.3) is 5.91 Å². The largest absolute Gasteiger partial charge is 0.356 e. The predicted molar refractivity (Wildman–Crippen MR) is 78.8 cm³/mol. The van der Waals surface area contributed by atoms with E-state index in [1.165, 1.54) is 11.0 Å². The van der Waals surface area contributed by atoms with Gasteiger partial charge in [0, 0.05) is 36.8 Å². The summed E-state index contributed by atoms with van der Waals surface area (Å²) in [6, 6.07) is 1.75. The molecule has 1 fully saturated rings. The van der Waals surface area contributed by atoms with Crippen molar-refractivity contribution < 1.29 is 9.59 Å². The van der Waals surface area contributed by atoms with E-state index in [4.69, 9.17) is 0 Å². The maximum atomic E-state index is 12.3. The van der Waals surface area contributed by atoms with Gasteiger partial charge in [-0.1, -0.05) is 0 Å². The summed E-state index contributed by atoms with van der Waals surface area (Å²) in [5.74, 6) is -0.111. The van der Waals surface area contributed by atoms with Crippen molar-refractivity contribution in [3.8, 4) is 0 Å². The van der Waals surface area contributed by atoms with Gasteiger partial charge in [-0.15, -0.1) is 5.10 Å². The van der Waals surface area contributed by atoms with Gasteiger partial charge >= 0.3 is 0 Å². The van der Waals surface area contributed by atoms with Gasteiger partial charge in [0.15, 0.2) is 0 Å². The third kappa shape index (κ3) is 3.16. The van der Waals surface area contributed by atoms with E-state index >= 15 is 0 Å². The molecule has 0 spiro atoms. The lowest BCUT2D eigenvalue weighted by atomic mass is 10.2. The number of carbonyl (C=O) groups is 2. The Balaban J connectivity index is 1.54. The van der Waals surface area contributed by atoms with Crippen molar-refractivity contribution in [2.24, 2.45) is 0 Å². The third-order valence-corrected chi connectivity index (χ3v) is 3.94. The number of carbonyl (C=O) groups excluding carboxylic acids is 2. The van der Waals surface area contributed by atoms with Crippen LogP contribution in [-0.4, -0.2) is 73.0 Å². The van der Waals surface area contributed by atoms with Crippen LogP contribution in [0.2, 0.25) is 0 Å². The highest BCUT2D eigenvalue weighted by Gasteiger charge is 2.25. The van der Waals surface area contributed by atoms with Crippen molar-refractivity contribution in [2.45, 2.75) is 6.54 Å². The molecule has 1 N–H and O–H groups in total. The highest BCUT2D eigenvalue weighted by atomic mass is 79.9. The molecule has 0 saturated carbocycles. The first-order valence-corrected chi connectivity index (χ1v) is 7.54. The molecule has 1 aliphatic heterocycles. The van der Waals surface area contributed by atoms with E-state index in [2.05, 4.69) is 36.4 Å². The van der Waals surface area contributed by atoms with Crippen LogP contribution in [0.15, 0.2) is 23.1 Å². The quantitative estimate of drug-likeness (QED) is 0.805. The van der Waals surface area contributed by atoms with Gasteiger partial charge in [-0.05, 0) is 32.4 Å². The molecule has 1 saturated heterocycles. The molecule has 9 nitrogen and oxygen atoms in total. The summed E-state index contributed by atoms with van der Waals surface area (Å²) in [5, 5.41) is 10.7. The van der Waals surface area contributed by atoms with Gasteiger partial charge in [-0.25, -0.2) is 4.68 Å². The van der Waals surface area contributed by atoms with Crippen LogP contribution in [0, 0.1) is 0 Å². The Morgan fingerprint density at radius 3 is 2.55 bits per heavy atom. The molecule has 1 aliphatic rings. The topological polar surface area (TPSA) is 100 Å². The Labute approximate surface area is 134 Å². The average Bonchev–Trinajstić information content (AvgIpc) is 3.18. The summed E-state index contributed by atoms with van der Waals surface area (Å²) in [5.41, 5.74) is 0.542. The fourth-order valence-electron chi connectivity index (χ4n) is 2.31. The Hall–Kier alpha value is -2.23. The van der Waals surface area contributed by atoms with E-state index in [9.17, 15) is 9.59 Å². The van der Waals surface area contributed by atoms with E-state index in [0.717, 1.165) is 4.47 Å². The Bertz CT molecular complexity index is 661. The number of piperazine rings is 1. The highest BCUT2D eigenvalue weighted by molar-refractivity contribution is 9.10. The number of aromatic nitrogens is 5. The number of H-pyrrole nitrogens is 1. The second-order valence-electron chi connectivity index (χ2n) is 4.91. The van der Waals surface area contributed by atoms with Gasteiger partial charge in [-0.3, -0.25) is 9.59 Å². The van der Waals surface area contributed by atoms with E-state index in [0.29, 0.717) is 31.9 Å². The average molecular weight is 368 g/mol. The van der Waals surface area contributed by atoms with Crippen molar-refractivity contribution in [1.82, 2.24) is 35.0 Å². The summed E-state index contributed by atoms with van der Waals surface area (Å²) >= 11 is 3.31. The molecule has 0 aliphatic carbocycles. The van der Waals surface area contributed by atoms with E-state index in [1.54, 1.807) is 22.1 Å². The SMILES string of the molecule is O=C(Cn1cnnn1)N1CCN(C(=O)c2cc(Br)c[nH]2)CC1. The Morgan fingerprint density at radius 1 is 1.23 bits per heavy atom. The molecule has 0 unspecified atom stereocenters. The van der Waals surface area contributed by atoms with Crippen LogP contribution in [0.3, 0.4) is 0 Å². The number of nitrogens with one attached hydrogen (secondary N) is 1. The summed E-state index contributed by atoms with van der Waals surface area (Å²) in [6.45, 7) is 2.15. The van der Waals surface area contributed by atoms with Gasteiger partial charge in [-0.2, -0.15) is 0 Å². The van der Waals surface area contributed by atoms with Crippen LogP contribution in [0.4, 0.5) is 0 Å². The molecule has 2 amide bonds. The second-order valence-corrected chi connectivity index (χ2v) is 5.83. The predicted octanol–water partition coefficient (Wildman–Crippen LogP) is -0.252. The molecule has 0 atom stereocenters. The van der Waals surface area contributed by atoms with Crippen LogP contribution < -0.4 is 0 Å². The monoisotopic (exact) mass is 367 g/mol. The number of halogens is 1. The van der Waals surface area contributed by atoms with Gasteiger partial charge < -0.3 is 14.8 Å². The number of hydrogen-bond acceptors (Lipinski definition) is 5. The molecule has 3 rings (SSSR count). The molecular weight excluding hydrogens is 354 g/mol.